The van der Waals surface area contributed by atoms with Crippen molar-refractivity contribution in [3.63, 3.8) is 0 Å². The van der Waals surface area contributed by atoms with Gasteiger partial charge in [-0.15, -0.1) is 28.6 Å². The van der Waals surface area contributed by atoms with Gasteiger partial charge in [0.1, 0.15) is 12.4 Å². The third kappa shape index (κ3) is 4.74. The Bertz CT molecular complexity index is 898. The number of carbonyl (C=O) groups is 1. The fourth-order valence-corrected chi connectivity index (χ4v) is 6.00. The first kappa shape index (κ1) is 19.0. The highest BCUT2D eigenvalue weighted by Gasteiger charge is 2.23. The van der Waals surface area contributed by atoms with E-state index in [1.807, 2.05) is 66.0 Å². The summed E-state index contributed by atoms with van der Waals surface area (Å²) in [7, 11) is 0. The van der Waals surface area contributed by atoms with E-state index in [2.05, 4.69) is 33.0 Å². The summed E-state index contributed by atoms with van der Waals surface area (Å²) in [6.07, 6.45) is 3.26. The van der Waals surface area contributed by atoms with Crippen LogP contribution in [0.5, 0.6) is 0 Å². The fraction of sp³-hybridized carbons (Fsp3) is 0.300. The maximum atomic E-state index is 13.1. The van der Waals surface area contributed by atoms with Crippen molar-refractivity contribution >= 4 is 35.1 Å². The molecule has 0 saturated carbocycles. The number of thioether (sulfide) groups is 2. The number of benzene rings is 2. The lowest BCUT2D eigenvalue weighted by Crippen LogP contribution is -2.28. The zero-order chi connectivity index (χ0) is 19.2. The van der Waals surface area contributed by atoms with Crippen LogP contribution in [0.2, 0.25) is 0 Å². The van der Waals surface area contributed by atoms with Gasteiger partial charge in [0.05, 0.1) is 4.58 Å². The van der Waals surface area contributed by atoms with Crippen LogP contribution in [-0.4, -0.2) is 37.6 Å². The van der Waals surface area contributed by atoms with Gasteiger partial charge in [-0.05, 0) is 51.6 Å². The third-order valence-electron chi connectivity index (χ3n) is 4.51. The van der Waals surface area contributed by atoms with E-state index in [-0.39, 0.29) is 5.91 Å². The summed E-state index contributed by atoms with van der Waals surface area (Å²) in [5.74, 6) is 2.25. The largest absolute Gasteiger partial charge is 0.324 e. The molecule has 2 aromatic carbocycles. The highest BCUT2D eigenvalue weighted by molar-refractivity contribution is 8.16. The van der Waals surface area contributed by atoms with Gasteiger partial charge in [0.2, 0.25) is 5.91 Å². The number of nitrogens with one attached hydrogen (secondary N) is 1. The molecule has 0 radical (unpaired) electrons. The highest BCUT2D eigenvalue weighted by Crippen LogP contribution is 2.44. The molecule has 1 atom stereocenters. The van der Waals surface area contributed by atoms with Crippen LogP contribution in [0.15, 0.2) is 60.9 Å². The zero-order valence-corrected chi connectivity index (χ0v) is 16.9. The van der Waals surface area contributed by atoms with Crippen LogP contribution in [0.1, 0.15) is 28.2 Å². The maximum absolute atomic E-state index is 13.1. The predicted octanol–water partition coefficient (Wildman–Crippen LogP) is 3.96. The van der Waals surface area contributed by atoms with Gasteiger partial charge < -0.3 is 5.32 Å². The predicted molar refractivity (Wildman–Crippen MR) is 114 cm³/mol. The lowest BCUT2D eigenvalue weighted by molar-refractivity contribution is -0.119. The molecular weight excluding hydrogens is 390 g/mol. The lowest BCUT2D eigenvalue weighted by Gasteiger charge is -2.22. The summed E-state index contributed by atoms with van der Waals surface area (Å²) in [6.45, 7) is 0. The second kappa shape index (κ2) is 9.25. The summed E-state index contributed by atoms with van der Waals surface area (Å²) >= 11 is 3.94. The summed E-state index contributed by atoms with van der Waals surface area (Å²) < 4.78 is 1.95. The number of aromatic nitrogens is 4. The molecule has 1 amide bonds. The van der Waals surface area contributed by atoms with Gasteiger partial charge >= 0.3 is 0 Å². The van der Waals surface area contributed by atoms with Crippen molar-refractivity contribution < 1.29 is 4.79 Å². The standard InChI is InChI=1S/C20H21N5OS2/c26-19(18(25-14-21-23-24-25)12-15-6-2-1-3-7-15)22-17-9-4-8-16(13-17)20-27-10-5-11-28-20/h1-4,6-9,13-14,18,20H,5,10-12H2,(H,22,26)/t18-/m0/s1. The average molecular weight is 412 g/mol. The summed E-state index contributed by atoms with van der Waals surface area (Å²) in [5, 5.41) is 14.4. The molecule has 1 aromatic heterocycles. The van der Waals surface area contributed by atoms with Gasteiger partial charge in [-0.2, -0.15) is 0 Å². The van der Waals surface area contributed by atoms with Crippen molar-refractivity contribution in [3.05, 3.63) is 72.1 Å². The van der Waals surface area contributed by atoms with E-state index in [1.54, 1.807) is 0 Å². The average Bonchev–Trinajstić information content (AvgIpc) is 3.28. The van der Waals surface area contributed by atoms with E-state index < -0.39 is 6.04 Å². The molecular formula is C20H21N5OS2. The van der Waals surface area contributed by atoms with Crippen molar-refractivity contribution in [3.8, 4) is 0 Å². The molecule has 0 aliphatic carbocycles. The number of anilines is 1. The Balaban J connectivity index is 1.51. The molecule has 2 heterocycles. The van der Waals surface area contributed by atoms with E-state index >= 15 is 0 Å². The van der Waals surface area contributed by atoms with Crippen LogP contribution in [0.25, 0.3) is 0 Å². The van der Waals surface area contributed by atoms with E-state index in [0.717, 1.165) is 11.3 Å². The number of carbonyl (C=O) groups excluding carboxylic acids is 1. The molecule has 1 aliphatic rings. The van der Waals surface area contributed by atoms with Crippen LogP contribution in [0, 0.1) is 0 Å². The molecule has 0 unspecified atom stereocenters. The number of rotatable bonds is 6. The maximum Gasteiger partial charge on any atom is 0.249 e. The van der Waals surface area contributed by atoms with Gasteiger partial charge in [-0.3, -0.25) is 4.79 Å². The Hall–Kier alpha value is -2.32. The van der Waals surface area contributed by atoms with Crippen LogP contribution in [-0.2, 0) is 11.2 Å². The molecule has 6 nitrogen and oxygen atoms in total. The summed E-state index contributed by atoms with van der Waals surface area (Å²) in [6, 6.07) is 17.5. The van der Waals surface area contributed by atoms with E-state index in [4.69, 9.17) is 0 Å². The zero-order valence-electron chi connectivity index (χ0n) is 15.3. The first-order valence-electron chi connectivity index (χ1n) is 9.20. The quantitative estimate of drug-likeness (QED) is 0.662. The topological polar surface area (TPSA) is 72.7 Å². The third-order valence-corrected chi connectivity index (χ3v) is 7.53. The minimum absolute atomic E-state index is 0.128. The number of hydrogen-bond donors (Lipinski definition) is 1. The Morgan fingerprint density at radius 2 is 1.96 bits per heavy atom. The van der Waals surface area contributed by atoms with Crippen molar-refractivity contribution in [1.82, 2.24) is 20.2 Å². The van der Waals surface area contributed by atoms with Gasteiger partial charge in [0.15, 0.2) is 0 Å². The minimum Gasteiger partial charge on any atom is -0.324 e. The Morgan fingerprint density at radius 3 is 2.71 bits per heavy atom. The van der Waals surface area contributed by atoms with Gasteiger partial charge in [-0.25, -0.2) is 4.68 Å². The number of hydrogen-bond acceptors (Lipinski definition) is 6. The number of amides is 1. The molecule has 28 heavy (non-hydrogen) atoms. The lowest BCUT2D eigenvalue weighted by atomic mass is 10.1. The molecule has 144 valence electrons. The van der Waals surface area contributed by atoms with Crippen LogP contribution < -0.4 is 5.32 Å². The molecule has 0 bridgehead atoms. The second-order valence-electron chi connectivity index (χ2n) is 6.54. The molecule has 3 aromatic rings. The summed E-state index contributed by atoms with van der Waals surface area (Å²) in [5.41, 5.74) is 3.11. The van der Waals surface area contributed by atoms with Crippen molar-refractivity contribution in [1.29, 1.82) is 0 Å². The molecule has 4 rings (SSSR count). The molecule has 1 fully saturated rings. The van der Waals surface area contributed by atoms with Crippen LogP contribution in [0.3, 0.4) is 0 Å². The van der Waals surface area contributed by atoms with Crippen LogP contribution in [0.4, 0.5) is 5.69 Å². The Kier molecular flexibility index (Phi) is 6.28. The second-order valence-corrected chi connectivity index (χ2v) is 9.26. The smallest absolute Gasteiger partial charge is 0.249 e. The van der Waals surface area contributed by atoms with E-state index in [9.17, 15) is 4.79 Å². The monoisotopic (exact) mass is 411 g/mol. The first-order chi connectivity index (χ1) is 13.8. The van der Waals surface area contributed by atoms with Crippen molar-refractivity contribution in [2.24, 2.45) is 0 Å². The van der Waals surface area contributed by atoms with Gasteiger partial charge in [-0.1, -0.05) is 42.5 Å². The molecule has 1 aliphatic heterocycles. The van der Waals surface area contributed by atoms with Gasteiger partial charge in [0, 0.05) is 12.1 Å². The first-order valence-corrected chi connectivity index (χ1v) is 11.3. The molecule has 1 saturated heterocycles. The molecule has 1 N–H and O–H groups in total. The van der Waals surface area contributed by atoms with E-state index in [0.29, 0.717) is 11.0 Å². The normalized spacial score (nSPS) is 15.9. The minimum atomic E-state index is -0.514. The summed E-state index contributed by atoms with van der Waals surface area (Å²) in [4.78, 5) is 13.1. The Labute approximate surface area is 172 Å². The number of tetrazole rings is 1. The van der Waals surface area contributed by atoms with Crippen molar-refractivity contribution in [2.45, 2.75) is 23.5 Å². The SMILES string of the molecule is O=C(Nc1cccc(C2SCCCS2)c1)[C@H](Cc1ccccc1)n1cnnn1. The van der Waals surface area contributed by atoms with E-state index in [1.165, 1.54) is 34.5 Å². The molecule has 8 heteroatoms. The van der Waals surface area contributed by atoms with Crippen molar-refractivity contribution in [2.75, 3.05) is 16.8 Å². The fourth-order valence-electron chi connectivity index (χ4n) is 3.12. The van der Waals surface area contributed by atoms with Gasteiger partial charge in [0.25, 0.3) is 0 Å². The van der Waals surface area contributed by atoms with Crippen LogP contribution >= 0.6 is 23.5 Å². The Morgan fingerprint density at radius 1 is 1.14 bits per heavy atom. The number of nitrogens with zero attached hydrogens (tertiary/aromatic N) is 4. The highest BCUT2D eigenvalue weighted by atomic mass is 32.2. The molecule has 0 spiro atoms.